The van der Waals surface area contributed by atoms with E-state index >= 15 is 0 Å². The predicted molar refractivity (Wildman–Crippen MR) is 528 cm³/mol. The van der Waals surface area contributed by atoms with Gasteiger partial charge in [0.25, 0.3) is 0 Å². The first kappa shape index (κ1) is 136. The topological polar surface area (TPSA) is 101 Å². The number of aliphatic hydroxyl groups excluding tert-OH is 5. The SMILES string of the molecule is CC(C)CC(O)CO.CC(C)CCCCO.CC(C)CCCO.CC(C)CCO.CCCCCCC(C)C.CCCCCCCC(C)C.CCCCCCCCC(C)C.CCCCCCCCCC(C)C.CCCCCCCCCCC(C)C.CCCCCCCCCCCC(C)C.CCCCCCCCCCCCC(C)C. The van der Waals surface area contributed by atoms with Crippen LogP contribution >= 0.6 is 0 Å². The monoisotopic (exact) mass is 1620 g/mol. The van der Waals surface area contributed by atoms with Crippen molar-refractivity contribution in [2.45, 2.75) is 611 Å². The van der Waals surface area contributed by atoms with E-state index in [0.29, 0.717) is 38.1 Å². The van der Waals surface area contributed by atoms with Gasteiger partial charge in [0.1, 0.15) is 0 Å². The van der Waals surface area contributed by atoms with Crippen LogP contribution in [0.1, 0.15) is 605 Å². The highest BCUT2D eigenvalue weighted by molar-refractivity contribution is 4.57. The number of aliphatic hydroxyl groups is 5. The summed E-state index contributed by atoms with van der Waals surface area (Å²) in [6.07, 6.45) is 87.3. The lowest BCUT2D eigenvalue weighted by atomic mass is 10.0. The Balaban J connectivity index is -0.000000114. The minimum atomic E-state index is -0.519. The van der Waals surface area contributed by atoms with Crippen LogP contribution in [0.4, 0.5) is 0 Å². The molecule has 0 spiro atoms. The van der Waals surface area contributed by atoms with E-state index in [1.165, 1.54) is 372 Å². The molecule has 1 unspecified atom stereocenters. The van der Waals surface area contributed by atoms with E-state index in [1.54, 1.807) is 0 Å². The van der Waals surface area contributed by atoms with Crippen LogP contribution in [0.2, 0.25) is 0 Å². The summed E-state index contributed by atoms with van der Waals surface area (Å²) in [5, 5.41) is 42.0. The lowest BCUT2D eigenvalue weighted by molar-refractivity contribution is 0.0782. The van der Waals surface area contributed by atoms with E-state index in [4.69, 9.17) is 25.5 Å². The van der Waals surface area contributed by atoms with Crippen molar-refractivity contribution >= 4 is 0 Å². The first-order valence-electron chi connectivity index (χ1n) is 52.0. The summed E-state index contributed by atoms with van der Waals surface area (Å²) in [6, 6.07) is 0. The first-order valence-corrected chi connectivity index (χ1v) is 52.0. The molecule has 0 heterocycles. The number of hydrogen-bond acceptors (Lipinski definition) is 5. The van der Waals surface area contributed by atoms with E-state index in [2.05, 4.69) is 187 Å². The Labute approximate surface area is 724 Å². The van der Waals surface area contributed by atoms with Gasteiger partial charge in [0.15, 0.2) is 0 Å². The fourth-order valence-electron chi connectivity index (χ4n) is 12.6. The molecule has 0 radical (unpaired) electrons. The third kappa shape index (κ3) is 206. The zero-order valence-corrected chi connectivity index (χ0v) is 85.5. The highest BCUT2D eigenvalue weighted by Gasteiger charge is 2.04. The van der Waals surface area contributed by atoms with Gasteiger partial charge in [-0.1, -0.05) is 573 Å². The van der Waals surface area contributed by atoms with Gasteiger partial charge in [0.2, 0.25) is 0 Å². The Morgan fingerprint density at radius 1 is 0.142 bits per heavy atom. The molecule has 0 aliphatic carbocycles. The summed E-state index contributed by atoms with van der Waals surface area (Å²) in [5.41, 5.74) is 0. The molecule has 5 N–H and O–H groups in total. The molecule has 0 aliphatic heterocycles. The third-order valence-corrected chi connectivity index (χ3v) is 20.5. The molecular weight excluding hydrogens is 1380 g/mol. The summed E-state index contributed by atoms with van der Waals surface area (Å²) in [4.78, 5) is 0. The van der Waals surface area contributed by atoms with Crippen LogP contribution in [-0.2, 0) is 0 Å². The van der Waals surface area contributed by atoms with E-state index in [9.17, 15) is 0 Å². The van der Waals surface area contributed by atoms with Gasteiger partial charge in [-0.05, 0) is 97.2 Å². The Bertz CT molecular complexity index is 1380. The minimum Gasteiger partial charge on any atom is -0.396 e. The second-order valence-corrected chi connectivity index (χ2v) is 39.4. The average molecular weight is 1620 g/mol. The Kier molecular flexibility index (Phi) is 156. The van der Waals surface area contributed by atoms with Gasteiger partial charge >= 0.3 is 0 Å². The summed E-state index contributed by atoms with van der Waals surface area (Å²) in [5.74, 6) is 8.98. The molecule has 0 aromatic heterocycles. The maximum atomic E-state index is 8.78. The highest BCUT2D eigenvalue weighted by atomic mass is 16.3. The van der Waals surface area contributed by atoms with Crippen molar-refractivity contribution in [3.63, 3.8) is 0 Å². The number of unbranched alkanes of at least 4 members (excludes halogenated alkanes) is 43. The van der Waals surface area contributed by atoms with Crippen LogP contribution in [0, 0.1) is 65.1 Å². The van der Waals surface area contributed by atoms with Gasteiger partial charge in [-0.3, -0.25) is 0 Å². The zero-order valence-electron chi connectivity index (χ0n) is 85.5. The van der Waals surface area contributed by atoms with Crippen LogP contribution in [0.25, 0.3) is 0 Å². The smallest absolute Gasteiger partial charge is 0.0773 e. The summed E-state index contributed by atoms with van der Waals surface area (Å²) >= 11 is 0. The van der Waals surface area contributed by atoms with Crippen molar-refractivity contribution in [2.75, 3.05) is 26.4 Å². The van der Waals surface area contributed by atoms with Gasteiger partial charge < -0.3 is 25.5 Å². The zero-order chi connectivity index (χ0) is 88.3. The molecule has 700 valence electrons. The second-order valence-electron chi connectivity index (χ2n) is 39.4. The quantitative estimate of drug-likeness (QED) is 0.0391. The molecule has 0 amide bonds. The Hall–Kier alpha value is -0.200. The molecule has 1 atom stereocenters. The molecule has 5 heteroatoms. The van der Waals surface area contributed by atoms with Crippen LogP contribution in [-0.4, -0.2) is 58.1 Å². The van der Waals surface area contributed by atoms with Crippen molar-refractivity contribution in [3.05, 3.63) is 0 Å². The molecule has 113 heavy (non-hydrogen) atoms. The molecule has 0 bridgehead atoms. The van der Waals surface area contributed by atoms with Crippen molar-refractivity contribution < 1.29 is 25.5 Å². The van der Waals surface area contributed by atoms with E-state index in [0.717, 1.165) is 78.9 Å². The van der Waals surface area contributed by atoms with Gasteiger partial charge in [-0.15, -0.1) is 0 Å². The van der Waals surface area contributed by atoms with Gasteiger partial charge in [-0.25, -0.2) is 0 Å². The Morgan fingerprint density at radius 3 is 0.372 bits per heavy atom. The third-order valence-electron chi connectivity index (χ3n) is 20.5. The summed E-state index contributed by atoms with van der Waals surface area (Å²) in [6.45, 7) is 66.2. The van der Waals surface area contributed by atoms with Crippen molar-refractivity contribution in [1.82, 2.24) is 0 Å². The van der Waals surface area contributed by atoms with Crippen LogP contribution in [0.3, 0.4) is 0 Å². The standard InChI is InChI=1S/C15H32.C14H30.C13H28.C12H26.C11H24.C10H22.C9H20.C7H16O.C6H14O2.C6H14O.C5H12O/c1-4-5-6-7-8-9-10-11-12-13-14-15(2)3;1-4-5-6-7-8-9-10-11-12-13-14(2)3;1-4-5-6-7-8-9-10-11-12-13(2)3;1-4-5-6-7-8-9-10-11-12(2)3;1-4-5-6-7-8-9-10-11(2)3;1-4-5-6-7-8-9-10(2)3;1-4-5-6-7-8-9(2)3;1-7(2)5-3-4-6-8;1-5(2)3-6(8)4-7;1-6(2)4-3-5-7;1-5(2)3-4-6/h15H,4-14H2,1-3H3;14H,4-13H2,1-3H3;13H,4-12H2,1-3H3;12H,4-11H2,1-3H3;11H,4-10H2,1-3H3;10H,4-9H2,1-3H3;9H,4-8H2,1-3H3;7-8H,3-6H2,1-2H3;5-8H,3-4H2,1-2H3;6-7H,3-5H2,1-2H3;5-6H,3-4H2,1-2H3. The molecule has 0 aromatic rings. The predicted octanol–water partition coefficient (Wildman–Crippen LogP) is 38.1. The summed E-state index contributed by atoms with van der Waals surface area (Å²) in [7, 11) is 0. The molecular formula is C108H238O5. The van der Waals surface area contributed by atoms with Gasteiger partial charge in [-0.2, -0.15) is 0 Å². The number of rotatable bonds is 68. The minimum absolute atomic E-state index is 0.113. The van der Waals surface area contributed by atoms with Crippen molar-refractivity contribution in [3.8, 4) is 0 Å². The maximum Gasteiger partial charge on any atom is 0.0773 e. The molecule has 5 nitrogen and oxygen atoms in total. The van der Waals surface area contributed by atoms with E-state index in [-0.39, 0.29) is 6.61 Å². The molecule has 0 fully saturated rings. The normalized spacial score (nSPS) is 11.1. The first-order chi connectivity index (χ1) is 53.9. The van der Waals surface area contributed by atoms with Crippen molar-refractivity contribution in [2.24, 2.45) is 65.1 Å². The highest BCUT2D eigenvalue weighted by Crippen LogP contribution is 2.19. The number of hydrogen-bond donors (Lipinski definition) is 5. The summed E-state index contributed by atoms with van der Waals surface area (Å²) < 4.78 is 0. The maximum absolute atomic E-state index is 8.78. The average Bonchev–Trinajstić information content (AvgIpc) is 1.45. The van der Waals surface area contributed by atoms with E-state index < -0.39 is 6.10 Å². The van der Waals surface area contributed by atoms with Gasteiger partial charge in [0.05, 0.1) is 12.7 Å². The molecule has 0 aromatic carbocycles. The fraction of sp³-hybridized carbons (Fsp3) is 1.00. The van der Waals surface area contributed by atoms with Crippen LogP contribution in [0.5, 0.6) is 0 Å². The molecule has 0 aliphatic rings. The van der Waals surface area contributed by atoms with Crippen molar-refractivity contribution in [1.29, 1.82) is 0 Å². The fourth-order valence-corrected chi connectivity index (χ4v) is 12.6. The molecule has 0 saturated heterocycles. The molecule has 0 saturated carbocycles. The van der Waals surface area contributed by atoms with E-state index in [1.807, 2.05) is 13.8 Å². The lowest BCUT2D eigenvalue weighted by Crippen LogP contribution is -2.14. The van der Waals surface area contributed by atoms with Gasteiger partial charge in [0, 0.05) is 19.8 Å². The van der Waals surface area contributed by atoms with Crippen LogP contribution < -0.4 is 0 Å². The Morgan fingerprint density at radius 2 is 0.274 bits per heavy atom. The van der Waals surface area contributed by atoms with Crippen LogP contribution in [0.15, 0.2) is 0 Å². The second kappa shape index (κ2) is 130. The lowest BCUT2D eigenvalue weighted by Gasteiger charge is -2.08. The largest absolute Gasteiger partial charge is 0.396 e. The molecule has 0 rings (SSSR count).